The van der Waals surface area contributed by atoms with Crippen LogP contribution in [0.2, 0.25) is 0 Å². The number of aromatic nitrogens is 2. The predicted octanol–water partition coefficient (Wildman–Crippen LogP) is 1.97. The van der Waals surface area contributed by atoms with E-state index in [1.807, 2.05) is 36.4 Å². The van der Waals surface area contributed by atoms with Crippen LogP contribution in [0.1, 0.15) is 17.2 Å². The summed E-state index contributed by atoms with van der Waals surface area (Å²) in [6, 6.07) is 13.3. The SMILES string of the molecule is Nc1n[nH]c2cc(NC(=O)C3NCCc4ccccc43)ccc12. The van der Waals surface area contributed by atoms with Crippen molar-refractivity contribution < 1.29 is 4.79 Å². The van der Waals surface area contributed by atoms with E-state index in [1.165, 1.54) is 5.56 Å². The van der Waals surface area contributed by atoms with Crippen molar-refractivity contribution in [2.24, 2.45) is 0 Å². The van der Waals surface area contributed by atoms with E-state index in [0.29, 0.717) is 5.82 Å². The number of hydrogen-bond donors (Lipinski definition) is 4. The number of carbonyl (C=O) groups excluding carboxylic acids is 1. The van der Waals surface area contributed by atoms with Crippen LogP contribution in [0, 0.1) is 0 Å². The van der Waals surface area contributed by atoms with Crippen LogP contribution in [0.25, 0.3) is 10.9 Å². The van der Waals surface area contributed by atoms with Gasteiger partial charge in [-0.2, -0.15) is 5.10 Å². The van der Waals surface area contributed by atoms with Crippen LogP contribution < -0.4 is 16.4 Å². The van der Waals surface area contributed by atoms with Crippen molar-refractivity contribution in [3.05, 3.63) is 53.6 Å². The molecule has 5 N–H and O–H groups in total. The number of nitrogens with one attached hydrogen (secondary N) is 3. The lowest BCUT2D eigenvalue weighted by Crippen LogP contribution is -2.38. The van der Waals surface area contributed by atoms with Crippen LogP contribution in [0.3, 0.4) is 0 Å². The average Bonchev–Trinajstić information content (AvgIpc) is 2.95. The lowest BCUT2D eigenvalue weighted by Gasteiger charge is -2.26. The van der Waals surface area contributed by atoms with Gasteiger partial charge < -0.3 is 16.4 Å². The van der Waals surface area contributed by atoms with Crippen LogP contribution in [0.5, 0.6) is 0 Å². The van der Waals surface area contributed by atoms with Gasteiger partial charge in [0.25, 0.3) is 0 Å². The summed E-state index contributed by atoms with van der Waals surface area (Å²) in [5.74, 6) is 0.393. The third-order valence-corrected chi connectivity index (χ3v) is 4.23. The second-order valence-electron chi connectivity index (χ2n) is 5.69. The molecule has 0 saturated carbocycles. The number of H-pyrrole nitrogens is 1. The van der Waals surface area contributed by atoms with E-state index < -0.39 is 0 Å². The van der Waals surface area contributed by atoms with Crippen LogP contribution in [0.15, 0.2) is 42.5 Å². The maximum Gasteiger partial charge on any atom is 0.246 e. The van der Waals surface area contributed by atoms with Crippen molar-refractivity contribution in [3.8, 4) is 0 Å². The summed E-state index contributed by atoms with van der Waals surface area (Å²) >= 11 is 0. The number of carbonyl (C=O) groups is 1. The van der Waals surface area contributed by atoms with Crippen molar-refractivity contribution in [2.75, 3.05) is 17.6 Å². The van der Waals surface area contributed by atoms with E-state index in [-0.39, 0.29) is 11.9 Å². The molecule has 2 heterocycles. The fraction of sp³-hybridized carbons (Fsp3) is 0.176. The molecule has 0 radical (unpaired) electrons. The third kappa shape index (κ3) is 2.43. The van der Waals surface area contributed by atoms with Gasteiger partial charge >= 0.3 is 0 Å². The first-order chi connectivity index (χ1) is 11.2. The van der Waals surface area contributed by atoms with Gasteiger partial charge in [0.1, 0.15) is 6.04 Å². The molecule has 1 aliphatic rings. The van der Waals surface area contributed by atoms with E-state index in [2.05, 4.69) is 26.9 Å². The number of nitrogens with zero attached hydrogens (tertiary/aromatic N) is 1. The molecule has 3 aromatic rings. The molecule has 1 aliphatic heterocycles. The summed E-state index contributed by atoms with van der Waals surface area (Å²) < 4.78 is 0. The minimum atomic E-state index is -0.331. The summed E-state index contributed by atoms with van der Waals surface area (Å²) in [5, 5.41) is 13.9. The van der Waals surface area contributed by atoms with Gasteiger partial charge in [0.2, 0.25) is 5.91 Å². The lowest BCUT2D eigenvalue weighted by atomic mass is 9.94. The fourth-order valence-corrected chi connectivity index (χ4v) is 3.07. The average molecular weight is 307 g/mol. The summed E-state index contributed by atoms with van der Waals surface area (Å²) in [6.07, 6.45) is 0.944. The molecule has 0 saturated heterocycles. The fourth-order valence-electron chi connectivity index (χ4n) is 3.07. The maximum atomic E-state index is 12.6. The Hall–Kier alpha value is -2.86. The Morgan fingerprint density at radius 2 is 2.13 bits per heavy atom. The molecule has 116 valence electrons. The number of amides is 1. The Morgan fingerprint density at radius 3 is 3.04 bits per heavy atom. The molecule has 6 heteroatoms. The Kier molecular flexibility index (Phi) is 3.24. The molecule has 23 heavy (non-hydrogen) atoms. The zero-order valence-corrected chi connectivity index (χ0v) is 12.5. The molecule has 0 spiro atoms. The number of rotatable bonds is 2. The van der Waals surface area contributed by atoms with E-state index >= 15 is 0 Å². The van der Waals surface area contributed by atoms with E-state index in [1.54, 1.807) is 0 Å². The zero-order valence-electron chi connectivity index (χ0n) is 12.5. The van der Waals surface area contributed by atoms with Gasteiger partial charge in [-0.25, -0.2) is 0 Å². The van der Waals surface area contributed by atoms with Crippen molar-refractivity contribution in [2.45, 2.75) is 12.5 Å². The summed E-state index contributed by atoms with van der Waals surface area (Å²) in [6.45, 7) is 0.797. The first-order valence-corrected chi connectivity index (χ1v) is 7.58. The van der Waals surface area contributed by atoms with Gasteiger partial charge in [-0.15, -0.1) is 0 Å². The first kappa shape index (κ1) is 13.8. The van der Waals surface area contributed by atoms with Gasteiger partial charge in [0, 0.05) is 17.6 Å². The Balaban J connectivity index is 1.60. The third-order valence-electron chi connectivity index (χ3n) is 4.23. The van der Waals surface area contributed by atoms with Gasteiger partial charge in [-0.3, -0.25) is 9.89 Å². The molecular weight excluding hydrogens is 290 g/mol. The van der Waals surface area contributed by atoms with E-state index in [4.69, 9.17) is 5.73 Å². The molecule has 2 aromatic carbocycles. The second kappa shape index (κ2) is 5.40. The standard InChI is InChI=1S/C17H17N5O/c18-16-13-6-5-11(9-14(13)21-22-16)20-17(23)15-12-4-2-1-3-10(12)7-8-19-15/h1-6,9,15,19H,7-8H2,(H,20,23)(H3,18,21,22). The number of fused-ring (bicyclic) bond motifs is 2. The maximum absolute atomic E-state index is 12.6. The van der Waals surface area contributed by atoms with Crippen molar-refractivity contribution >= 4 is 28.3 Å². The van der Waals surface area contributed by atoms with E-state index in [9.17, 15) is 4.79 Å². The van der Waals surface area contributed by atoms with Crippen LogP contribution >= 0.6 is 0 Å². The minimum absolute atomic E-state index is 0.0658. The highest BCUT2D eigenvalue weighted by atomic mass is 16.2. The molecule has 1 amide bonds. The lowest BCUT2D eigenvalue weighted by molar-refractivity contribution is -0.118. The zero-order chi connectivity index (χ0) is 15.8. The Morgan fingerprint density at radius 1 is 1.26 bits per heavy atom. The highest BCUT2D eigenvalue weighted by Gasteiger charge is 2.25. The van der Waals surface area contributed by atoms with Crippen LogP contribution in [0.4, 0.5) is 11.5 Å². The number of nitrogens with two attached hydrogens (primary N) is 1. The number of anilines is 2. The summed E-state index contributed by atoms with van der Waals surface area (Å²) in [4.78, 5) is 12.6. The number of nitrogen functional groups attached to an aromatic ring is 1. The van der Waals surface area contributed by atoms with Crippen molar-refractivity contribution in [1.29, 1.82) is 0 Å². The quantitative estimate of drug-likeness (QED) is 0.582. The van der Waals surface area contributed by atoms with Crippen LogP contribution in [-0.2, 0) is 11.2 Å². The summed E-state index contributed by atoms with van der Waals surface area (Å²) in [5.41, 5.74) is 9.55. The van der Waals surface area contributed by atoms with Crippen molar-refractivity contribution in [3.63, 3.8) is 0 Å². The number of hydrogen-bond acceptors (Lipinski definition) is 4. The largest absolute Gasteiger partial charge is 0.382 e. The first-order valence-electron chi connectivity index (χ1n) is 7.58. The van der Waals surface area contributed by atoms with Gasteiger partial charge in [-0.1, -0.05) is 24.3 Å². The molecule has 4 rings (SSSR count). The minimum Gasteiger partial charge on any atom is -0.382 e. The molecule has 1 atom stereocenters. The summed E-state index contributed by atoms with van der Waals surface area (Å²) in [7, 11) is 0. The molecule has 6 nitrogen and oxygen atoms in total. The highest BCUT2D eigenvalue weighted by molar-refractivity contribution is 5.98. The topological polar surface area (TPSA) is 95.8 Å². The van der Waals surface area contributed by atoms with Crippen molar-refractivity contribution in [1.82, 2.24) is 15.5 Å². The molecular formula is C17H17N5O. The Labute approximate surface area is 133 Å². The monoisotopic (exact) mass is 307 g/mol. The number of benzene rings is 2. The molecule has 0 aliphatic carbocycles. The molecule has 1 unspecified atom stereocenters. The number of aromatic amines is 1. The van der Waals surface area contributed by atoms with Gasteiger partial charge in [0.15, 0.2) is 5.82 Å². The molecule has 1 aromatic heterocycles. The Bertz CT molecular complexity index is 886. The van der Waals surface area contributed by atoms with Gasteiger partial charge in [0.05, 0.1) is 5.52 Å². The second-order valence-corrected chi connectivity index (χ2v) is 5.69. The van der Waals surface area contributed by atoms with Gasteiger partial charge in [-0.05, 0) is 35.7 Å². The van der Waals surface area contributed by atoms with E-state index in [0.717, 1.165) is 35.1 Å². The molecule has 0 bridgehead atoms. The highest BCUT2D eigenvalue weighted by Crippen LogP contribution is 2.25. The predicted molar refractivity (Wildman–Crippen MR) is 90.0 cm³/mol. The normalized spacial score (nSPS) is 17.0. The van der Waals surface area contributed by atoms with Crippen LogP contribution in [-0.4, -0.2) is 22.6 Å². The molecule has 0 fully saturated rings. The smallest absolute Gasteiger partial charge is 0.246 e.